The number of carbonyl (C=O) groups is 2. The van der Waals surface area contributed by atoms with Gasteiger partial charge in [0.05, 0.1) is 12.7 Å². The van der Waals surface area contributed by atoms with Gasteiger partial charge in [0, 0.05) is 6.54 Å². The average Bonchev–Trinajstić information content (AvgIpc) is 2.63. The summed E-state index contributed by atoms with van der Waals surface area (Å²) in [6.45, 7) is 0.158. The summed E-state index contributed by atoms with van der Waals surface area (Å²) in [6.07, 6.45) is 0.529. The highest BCUT2D eigenvalue weighted by Crippen LogP contribution is 2.19. The topological polar surface area (TPSA) is 62.6 Å². The zero-order valence-electron chi connectivity index (χ0n) is 15.1. The fourth-order valence-corrected chi connectivity index (χ4v) is 2.49. The van der Waals surface area contributed by atoms with Crippen molar-refractivity contribution >= 4 is 17.5 Å². The van der Waals surface area contributed by atoms with E-state index in [-0.39, 0.29) is 24.8 Å². The second-order valence-corrected chi connectivity index (χ2v) is 6.31. The number of amides is 2. The molecular formula is C19H20F4N3O2+. The molecule has 0 fully saturated rings. The van der Waals surface area contributed by atoms with Crippen LogP contribution in [-0.2, 0) is 16.0 Å². The molecule has 2 rings (SSSR count). The summed E-state index contributed by atoms with van der Waals surface area (Å²) in [7, 11) is 1.58. The van der Waals surface area contributed by atoms with Crippen molar-refractivity contribution in [2.45, 2.75) is 6.42 Å². The third-order valence-corrected chi connectivity index (χ3v) is 3.88. The van der Waals surface area contributed by atoms with Gasteiger partial charge in [0.15, 0.2) is 30.5 Å². The number of rotatable bonds is 8. The highest BCUT2D eigenvalue weighted by Gasteiger charge is 2.18. The molecule has 0 aliphatic heterocycles. The summed E-state index contributed by atoms with van der Waals surface area (Å²) in [5, 5.41) is 4.83. The molecule has 0 heterocycles. The number of quaternary nitrogens is 1. The number of hydrogen-bond acceptors (Lipinski definition) is 2. The van der Waals surface area contributed by atoms with Crippen LogP contribution in [0.3, 0.4) is 0 Å². The Bertz CT molecular complexity index is 844. The predicted octanol–water partition coefficient (Wildman–Crippen LogP) is 1.06. The van der Waals surface area contributed by atoms with Crippen LogP contribution >= 0.6 is 0 Å². The predicted molar refractivity (Wildman–Crippen MR) is 94.7 cm³/mol. The quantitative estimate of drug-likeness (QED) is 0.460. The number of benzene rings is 2. The van der Waals surface area contributed by atoms with E-state index in [0.717, 1.165) is 11.6 Å². The molecule has 9 heteroatoms. The SMILES string of the molecule is C[NH+](CC(=O)NCCc1ccc(F)cc1)CC(=O)Nc1ccc(F)c(F)c1F. The van der Waals surface area contributed by atoms with Crippen molar-refractivity contribution in [3.63, 3.8) is 0 Å². The van der Waals surface area contributed by atoms with Crippen molar-refractivity contribution in [1.29, 1.82) is 0 Å². The second-order valence-electron chi connectivity index (χ2n) is 6.31. The summed E-state index contributed by atoms with van der Waals surface area (Å²) in [4.78, 5) is 24.3. The normalized spacial score (nSPS) is 11.8. The standard InChI is InChI=1S/C19H19F4N3O2/c1-26(10-16(27)24-9-8-12-2-4-13(20)5-3-12)11-17(28)25-15-7-6-14(21)18(22)19(15)23/h2-7H,8-11H2,1H3,(H,24,27)(H,25,28)/p+1. The Labute approximate surface area is 159 Å². The fourth-order valence-electron chi connectivity index (χ4n) is 2.49. The van der Waals surface area contributed by atoms with Gasteiger partial charge >= 0.3 is 0 Å². The maximum Gasteiger partial charge on any atom is 0.279 e. The molecule has 1 unspecified atom stereocenters. The van der Waals surface area contributed by atoms with Gasteiger partial charge in [-0.05, 0) is 36.2 Å². The van der Waals surface area contributed by atoms with Crippen LogP contribution in [0.15, 0.2) is 36.4 Å². The van der Waals surface area contributed by atoms with Gasteiger partial charge in [-0.15, -0.1) is 0 Å². The van der Waals surface area contributed by atoms with E-state index in [2.05, 4.69) is 10.6 Å². The molecular weight excluding hydrogens is 378 g/mol. The summed E-state index contributed by atoms with van der Waals surface area (Å²) in [6, 6.07) is 7.55. The summed E-state index contributed by atoms with van der Waals surface area (Å²) < 4.78 is 52.4. The van der Waals surface area contributed by atoms with Crippen LogP contribution in [0.25, 0.3) is 0 Å². The number of likely N-dealkylation sites (N-methyl/N-ethyl adjacent to an activating group) is 1. The highest BCUT2D eigenvalue weighted by atomic mass is 19.2. The van der Waals surface area contributed by atoms with Crippen LogP contribution < -0.4 is 15.5 Å². The lowest BCUT2D eigenvalue weighted by atomic mass is 10.1. The lowest BCUT2D eigenvalue weighted by Gasteiger charge is -2.14. The largest absolute Gasteiger partial charge is 0.351 e. The zero-order valence-corrected chi connectivity index (χ0v) is 15.1. The average molecular weight is 398 g/mol. The smallest absolute Gasteiger partial charge is 0.279 e. The Balaban J connectivity index is 1.74. The Hall–Kier alpha value is -2.94. The maximum atomic E-state index is 13.6. The molecule has 5 nitrogen and oxygen atoms in total. The third kappa shape index (κ3) is 6.34. The van der Waals surface area contributed by atoms with Gasteiger partial charge in [-0.3, -0.25) is 9.59 Å². The van der Waals surface area contributed by atoms with Crippen LogP contribution in [0.5, 0.6) is 0 Å². The van der Waals surface area contributed by atoms with Crippen molar-refractivity contribution in [3.8, 4) is 0 Å². The minimum Gasteiger partial charge on any atom is -0.351 e. The third-order valence-electron chi connectivity index (χ3n) is 3.88. The van der Waals surface area contributed by atoms with Crippen molar-refractivity contribution in [1.82, 2.24) is 5.32 Å². The summed E-state index contributed by atoms with van der Waals surface area (Å²) in [5.41, 5.74) is 0.399. The first-order valence-corrected chi connectivity index (χ1v) is 8.52. The first kappa shape index (κ1) is 21.4. The Morgan fingerprint density at radius 2 is 1.54 bits per heavy atom. The van der Waals surface area contributed by atoms with Crippen molar-refractivity contribution in [2.24, 2.45) is 0 Å². The van der Waals surface area contributed by atoms with Crippen LogP contribution in [0.2, 0.25) is 0 Å². The fraction of sp³-hybridized carbons (Fsp3) is 0.263. The first-order chi connectivity index (χ1) is 13.3. The molecule has 3 N–H and O–H groups in total. The molecule has 0 spiro atoms. The molecule has 0 radical (unpaired) electrons. The van der Waals surface area contributed by atoms with Crippen molar-refractivity contribution in [2.75, 3.05) is 32.0 Å². The minimum absolute atomic E-state index is 0.0168. The van der Waals surface area contributed by atoms with E-state index in [1.165, 1.54) is 12.1 Å². The molecule has 1 atom stereocenters. The maximum absolute atomic E-state index is 13.6. The van der Waals surface area contributed by atoms with Gasteiger partial charge in [-0.25, -0.2) is 17.6 Å². The molecule has 0 saturated carbocycles. The molecule has 0 aromatic heterocycles. The van der Waals surface area contributed by atoms with E-state index in [4.69, 9.17) is 0 Å². The van der Waals surface area contributed by atoms with Crippen LogP contribution in [-0.4, -0.2) is 38.5 Å². The molecule has 0 saturated heterocycles. The van der Waals surface area contributed by atoms with E-state index in [1.54, 1.807) is 19.2 Å². The van der Waals surface area contributed by atoms with E-state index in [9.17, 15) is 27.2 Å². The number of hydrogen-bond donors (Lipinski definition) is 3. The van der Waals surface area contributed by atoms with Gasteiger partial charge in [-0.1, -0.05) is 12.1 Å². The van der Waals surface area contributed by atoms with Crippen LogP contribution in [0, 0.1) is 23.3 Å². The van der Waals surface area contributed by atoms with Gasteiger partial charge in [0.2, 0.25) is 0 Å². The zero-order chi connectivity index (χ0) is 20.7. The summed E-state index contributed by atoms with van der Waals surface area (Å²) in [5.74, 6) is -5.79. The van der Waals surface area contributed by atoms with Gasteiger partial charge < -0.3 is 15.5 Å². The minimum atomic E-state index is -1.67. The molecule has 0 bridgehead atoms. The van der Waals surface area contributed by atoms with Gasteiger partial charge in [0.1, 0.15) is 5.82 Å². The van der Waals surface area contributed by atoms with Crippen LogP contribution in [0.4, 0.5) is 23.2 Å². The van der Waals surface area contributed by atoms with E-state index in [1.807, 2.05) is 0 Å². The molecule has 2 aromatic carbocycles. The molecule has 28 heavy (non-hydrogen) atoms. The first-order valence-electron chi connectivity index (χ1n) is 8.52. The van der Waals surface area contributed by atoms with Gasteiger partial charge in [-0.2, -0.15) is 0 Å². The number of carbonyl (C=O) groups excluding carboxylic acids is 2. The lowest BCUT2D eigenvalue weighted by Crippen LogP contribution is -3.11. The Kier molecular flexibility index (Phi) is 7.51. The number of anilines is 1. The molecule has 2 amide bonds. The summed E-state index contributed by atoms with van der Waals surface area (Å²) >= 11 is 0. The highest BCUT2D eigenvalue weighted by molar-refractivity contribution is 5.91. The van der Waals surface area contributed by atoms with Crippen LogP contribution in [0.1, 0.15) is 5.56 Å². The molecule has 150 valence electrons. The molecule has 2 aromatic rings. The lowest BCUT2D eigenvalue weighted by molar-refractivity contribution is -0.862. The monoisotopic (exact) mass is 398 g/mol. The number of nitrogens with one attached hydrogen (secondary N) is 3. The van der Waals surface area contributed by atoms with E-state index in [0.29, 0.717) is 23.9 Å². The van der Waals surface area contributed by atoms with Crippen molar-refractivity contribution < 1.29 is 32.1 Å². The van der Waals surface area contributed by atoms with Crippen molar-refractivity contribution in [3.05, 3.63) is 65.2 Å². The Morgan fingerprint density at radius 1 is 0.893 bits per heavy atom. The number of halogens is 4. The van der Waals surface area contributed by atoms with Gasteiger partial charge in [0.25, 0.3) is 11.8 Å². The Morgan fingerprint density at radius 3 is 2.21 bits per heavy atom. The van der Waals surface area contributed by atoms with E-state index < -0.39 is 29.0 Å². The molecule has 0 aliphatic carbocycles. The second kappa shape index (κ2) is 9.84. The molecule has 0 aliphatic rings. The van der Waals surface area contributed by atoms with E-state index >= 15 is 0 Å².